The summed E-state index contributed by atoms with van der Waals surface area (Å²) in [5.74, 6) is -1.13. The molecule has 0 saturated heterocycles. The molecule has 0 aliphatic heterocycles. The van der Waals surface area contributed by atoms with Crippen molar-refractivity contribution in [3.8, 4) is 0 Å². The van der Waals surface area contributed by atoms with Gasteiger partial charge in [0.15, 0.2) is 6.10 Å². The van der Waals surface area contributed by atoms with Gasteiger partial charge in [0.25, 0.3) is 0 Å². The summed E-state index contributed by atoms with van der Waals surface area (Å²) in [6.07, 6.45) is 49.6. The van der Waals surface area contributed by atoms with Crippen molar-refractivity contribution in [3.05, 3.63) is 109 Å². The molecule has 0 fully saturated rings. The van der Waals surface area contributed by atoms with Gasteiger partial charge in [-0.2, -0.15) is 0 Å². The fraction of sp³-hybridized carbons (Fsp3) is 0.583. The van der Waals surface area contributed by atoms with Gasteiger partial charge >= 0.3 is 19.8 Å². The first-order valence-corrected chi connectivity index (χ1v) is 23.4. The molecule has 0 aromatic carbocycles. The van der Waals surface area contributed by atoms with Crippen LogP contribution >= 0.6 is 7.82 Å². The SMILES string of the molecule is CC/C=C\C/C=C\CC(O)/C=C/C=C\C/C=C\C/C=C\CCC(=O)O[C@H](COC(=O)CCC/C=C\C/C=C\C/C=C\CCCCCCCC)COP(=O)(O)OC[C@@H](O)CO. The van der Waals surface area contributed by atoms with Crippen molar-refractivity contribution in [1.82, 2.24) is 0 Å². The van der Waals surface area contributed by atoms with Crippen molar-refractivity contribution >= 4 is 19.8 Å². The van der Waals surface area contributed by atoms with Crippen LogP contribution in [0.15, 0.2) is 109 Å². The number of phosphoric acid groups is 1. The van der Waals surface area contributed by atoms with Crippen molar-refractivity contribution in [2.75, 3.05) is 26.4 Å². The predicted octanol–water partition coefficient (Wildman–Crippen LogP) is 10.7. The number of carbonyl (C=O) groups is 2. The molecular formula is C48H77O11P. The minimum absolute atomic E-state index is 0.0186. The predicted molar refractivity (Wildman–Crippen MR) is 243 cm³/mol. The van der Waals surface area contributed by atoms with Crippen LogP contribution in [-0.2, 0) is 32.7 Å². The van der Waals surface area contributed by atoms with Crippen LogP contribution in [0.3, 0.4) is 0 Å². The van der Waals surface area contributed by atoms with Crippen molar-refractivity contribution in [2.24, 2.45) is 0 Å². The van der Waals surface area contributed by atoms with Crippen molar-refractivity contribution < 1.29 is 52.9 Å². The van der Waals surface area contributed by atoms with Gasteiger partial charge in [-0.15, -0.1) is 0 Å². The van der Waals surface area contributed by atoms with Gasteiger partial charge in [0.2, 0.25) is 0 Å². The minimum atomic E-state index is -4.67. The summed E-state index contributed by atoms with van der Waals surface area (Å²) in [7, 11) is -4.67. The lowest BCUT2D eigenvalue weighted by molar-refractivity contribution is -0.161. The lowest BCUT2D eigenvalue weighted by Gasteiger charge is -2.20. The molecule has 0 heterocycles. The highest BCUT2D eigenvalue weighted by atomic mass is 31.2. The average Bonchev–Trinajstić information content (AvgIpc) is 3.23. The van der Waals surface area contributed by atoms with E-state index in [0.717, 1.165) is 38.5 Å². The summed E-state index contributed by atoms with van der Waals surface area (Å²) < 4.78 is 32.5. The topological polar surface area (TPSA) is 169 Å². The Bertz CT molecular complexity index is 1380. The van der Waals surface area contributed by atoms with Gasteiger partial charge in [0.05, 0.1) is 25.9 Å². The molecule has 0 bridgehead atoms. The fourth-order valence-corrected chi connectivity index (χ4v) is 5.91. The van der Waals surface area contributed by atoms with Gasteiger partial charge in [0, 0.05) is 12.8 Å². The van der Waals surface area contributed by atoms with E-state index >= 15 is 0 Å². The van der Waals surface area contributed by atoms with Gasteiger partial charge in [0.1, 0.15) is 12.7 Å². The van der Waals surface area contributed by atoms with Gasteiger partial charge in [-0.25, -0.2) is 4.57 Å². The second-order valence-electron chi connectivity index (χ2n) is 14.2. The highest BCUT2D eigenvalue weighted by Gasteiger charge is 2.27. The van der Waals surface area contributed by atoms with Crippen LogP contribution in [0.5, 0.6) is 0 Å². The molecule has 0 rings (SSSR count). The van der Waals surface area contributed by atoms with E-state index in [0.29, 0.717) is 32.1 Å². The molecule has 0 spiro atoms. The Balaban J connectivity index is 4.58. The molecule has 0 aliphatic rings. The summed E-state index contributed by atoms with van der Waals surface area (Å²) in [5.41, 5.74) is 0. The highest BCUT2D eigenvalue weighted by Crippen LogP contribution is 2.43. The minimum Gasteiger partial charge on any atom is -0.462 e. The van der Waals surface area contributed by atoms with E-state index in [9.17, 15) is 29.3 Å². The molecule has 0 aromatic heterocycles. The van der Waals surface area contributed by atoms with Crippen LogP contribution in [0.2, 0.25) is 0 Å². The number of unbranched alkanes of at least 4 members (excludes halogenated alkanes) is 7. The molecule has 0 saturated carbocycles. The molecule has 60 heavy (non-hydrogen) atoms. The van der Waals surface area contributed by atoms with Gasteiger partial charge in [-0.05, 0) is 77.0 Å². The maximum atomic E-state index is 12.6. The second kappa shape index (κ2) is 42.3. The van der Waals surface area contributed by atoms with Crippen LogP contribution in [0.4, 0.5) is 0 Å². The Morgan fingerprint density at radius 1 is 0.583 bits per heavy atom. The first-order valence-electron chi connectivity index (χ1n) is 22.0. The first kappa shape index (κ1) is 56.6. The lowest BCUT2D eigenvalue weighted by Crippen LogP contribution is -2.29. The molecule has 4 N–H and O–H groups in total. The van der Waals surface area contributed by atoms with Crippen LogP contribution in [0.25, 0.3) is 0 Å². The third kappa shape index (κ3) is 41.3. The van der Waals surface area contributed by atoms with E-state index < -0.39 is 64.5 Å². The summed E-state index contributed by atoms with van der Waals surface area (Å²) in [5, 5.41) is 28.3. The van der Waals surface area contributed by atoms with Crippen LogP contribution < -0.4 is 0 Å². The van der Waals surface area contributed by atoms with Gasteiger partial charge in [-0.1, -0.05) is 155 Å². The number of phosphoric ester groups is 1. The molecule has 0 radical (unpaired) electrons. The van der Waals surface area contributed by atoms with Crippen molar-refractivity contribution in [3.63, 3.8) is 0 Å². The van der Waals surface area contributed by atoms with Crippen LogP contribution in [0.1, 0.15) is 136 Å². The zero-order chi connectivity index (χ0) is 44.2. The quantitative estimate of drug-likeness (QED) is 0.0153. The first-order chi connectivity index (χ1) is 29.1. The molecule has 0 aliphatic carbocycles. The number of ether oxygens (including phenoxy) is 2. The summed E-state index contributed by atoms with van der Waals surface area (Å²) >= 11 is 0. The van der Waals surface area contributed by atoms with E-state index in [1.54, 1.807) is 6.08 Å². The molecule has 0 aromatic rings. The molecule has 2 unspecified atom stereocenters. The highest BCUT2D eigenvalue weighted by molar-refractivity contribution is 7.47. The van der Waals surface area contributed by atoms with E-state index in [-0.39, 0.29) is 12.8 Å². The Morgan fingerprint density at radius 3 is 1.78 bits per heavy atom. The van der Waals surface area contributed by atoms with E-state index in [2.05, 4.69) is 60.9 Å². The Kier molecular flexibility index (Phi) is 39.9. The number of carbonyl (C=O) groups excluding carboxylic acids is 2. The molecule has 340 valence electrons. The number of hydrogen-bond acceptors (Lipinski definition) is 10. The van der Waals surface area contributed by atoms with E-state index in [4.69, 9.17) is 19.1 Å². The number of esters is 2. The van der Waals surface area contributed by atoms with Gasteiger partial charge in [-0.3, -0.25) is 18.6 Å². The summed E-state index contributed by atoms with van der Waals surface area (Å²) in [6, 6.07) is 0. The van der Waals surface area contributed by atoms with E-state index in [1.807, 2.05) is 60.8 Å². The number of allylic oxidation sites excluding steroid dienone is 16. The monoisotopic (exact) mass is 861 g/mol. The standard InChI is InChI=1S/C48H77O11P/c1-3-5-7-9-11-12-13-14-15-16-17-18-19-23-26-30-34-38-47(52)56-42-46(43-58-60(54,55)57-41-45(51)40-49)59-48(53)39-35-31-27-24-21-20-22-25-29-33-37-44(50)36-32-28-10-8-6-4-2/h6,8,14-15,17-18,20-21,23,25-29,31-33,37,44-46,49-51H,3-5,7,9-13,16,19,22,24,30,34-36,38-43H2,1-2H3,(H,54,55)/b8-6-,15-14-,18-17-,21-20-,26-23-,29-25-,31-27-,32-28-,37-33+/t44?,45-,46+/m0/s1. The molecular weight excluding hydrogens is 783 g/mol. The normalized spacial score (nSPS) is 15.4. The van der Waals surface area contributed by atoms with Crippen molar-refractivity contribution in [1.29, 1.82) is 0 Å². The molecule has 4 atom stereocenters. The summed E-state index contributed by atoms with van der Waals surface area (Å²) in [6.45, 7) is 2.01. The van der Waals surface area contributed by atoms with E-state index in [1.165, 1.54) is 38.5 Å². The lowest BCUT2D eigenvalue weighted by atomic mass is 10.1. The van der Waals surface area contributed by atoms with Crippen molar-refractivity contribution in [2.45, 2.75) is 154 Å². The number of aliphatic hydroxyl groups is 3. The molecule has 0 amide bonds. The third-order valence-corrected chi connectivity index (χ3v) is 9.46. The zero-order valence-electron chi connectivity index (χ0n) is 36.5. The average molecular weight is 861 g/mol. The largest absolute Gasteiger partial charge is 0.472 e. The maximum Gasteiger partial charge on any atom is 0.472 e. The van der Waals surface area contributed by atoms with Crippen LogP contribution in [0, 0.1) is 0 Å². The zero-order valence-corrected chi connectivity index (χ0v) is 37.4. The Hall–Kier alpha value is -3.41. The fourth-order valence-electron chi connectivity index (χ4n) is 5.12. The number of hydrogen-bond donors (Lipinski definition) is 4. The third-order valence-electron chi connectivity index (χ3n) is 8.51. The number of rotatable bonds is 39. The summed E-state index contributed by atoms with van der Waals surface area (Å²) in [4.78, 5) is 34.9. The second-order valence-corrected chi connectivity index (χ2v) is 15.6. The number of aliphatic hydroxyl groups excluding tert-OH is 3. The molecule has 11 nitrogen and oxygen atoms in total. The van der Waals surface area contributed by atoms with Gasteiger partial charge < -0.3 is 29.7 Å². The Labute approximate surface area is 361 Å². The smallest absolute Gasteiger partial charge is 0.462 e. The Morgan fingerprint density at radius 2 is 1.13 bits per heavy atom. The van der Waals surface area contributed by atoms with Crippen LogP contribution in [-0.4, -0.2) is 76.9 Å². The maximum absolute atomic E-state index is 12.6. The molecule has 12 heteroatoms.